The van der Waals surface area contributed by atoms with Gasteiger partial charge in [-0.1, -0.05) is 44.2 Å². The number of para-hydroxylation sites is 1. The van der Waals surface area contributed by atoms with E-state index in [-0.39, 0.29) is 17.4 Å². The average Bonchev–Trinajstić information content (AvgIpc) is 2.48. The van der Waals surface area contributed by atoms with Gasteiger partial charge in [-0.3, -0.25) is 14.8 Å². The normalized spacial score (nSPS) is 11.5. The Morgan fingerprint density at radius 3 is 2.46 bits per heavy atom. The first-order valence-corrected chi connectivity index (χ1v) is 9.18. The van der Waals surface area contributed by atoms with Crippen LogP contribution < -0.4 is 4.72 Å². The van der Waals surface area contributed by atoms with Crippen LogP contribution in [0.5, 0.6) is 0 Å². The van der Waals surface area contributed by atoms with Crippen LogP contribution in [0.3, 0.4) is 0 Å². The van der Waals surface area contributed by atoms with E-state index in [0.29, 0.717) is 11.3 Å². The molecule has 0 amide bonds. The number of nitro benzene ring substituents is 1. The lowest BCUT2D eigenvalue weighted by Gasteiger charge is -2.17. The molecule has 0 heterocycles. The highest BCUT2D eigenvalue weighted by Crippen LogP contribution is 2.29. The third-order valence-electron chi connectivity index (χ3n) is 3.66. The predicted octanol–water partition coefficient (Wildman–Crippen LogP) is 3.97. The minimum atomic E-state index is -3.68. The second kappa shape index (κ2) is 7.00. The van der Waals surface area contributed by atoms with Crippen LogP contribution in [-0.2, 0) is 15.8 Å². The Kier molecular flexibility index (Phi) is 5.23. The van der Waals surface area contributed by atoms with Crippen LogP contribution in [0.15, 0.2) is 42.5 Å². The molecule has 2 rings (SSSR count). The average molecular weight is 348 g/mol. The van der Waals surface area contributed by atoms with Crippen molar-refractivity contribution >= 4 is 21.4 Å². The highest BCUT2D eigenvalue weighted by atomic mass is 32.2. The van der Waals surface area contributed by atoms with E-state index in [0.717, 1.165) is 11.1 Å². The van der Waals surface area contributed by atoms with E-state index in [1.54, 1.807) is 6.07 Å². The fourth-order valence-electron chi connectivity index (χ4n) is 2.48. The van der Waals surface area contributed by atoms with E-state index < -0.39 is 14.9 Å². The smallest absolute Gasteiger partial charge is 0.269 e. The maximum atomic E-state index is 12.5. The van der Waals surface area contributed by atoms with Crippen molar-refractivity contribution in [3.8, 4) is 0 Å². The minimum absolute atomic E-state index is 0.124. The number of nitrogens with zero attached hydrogens (tertiary/aromatic N) is 1. The van der Waals surface area contributed by atoms with Gasteiger partial charge in [-0.2, -0.15) is 0 Å². The summed E-state index contributed by atoms with van der Waals surface area (Å²) >= 11 is 0. The summed E-state index contributed by atoms with van der Waals surface area (Å²) in [6.45, 7) is 5.83. The van der Waals surface area contributed by atoms with E-state index in [1.165, 1.54) is 18.2 Å². The Balaban J connectivity index is 2.30. The molecule has 1 N–H and O–H groups in total. The second-order valence-electron chi connectivity index (χ2n) is 5.98. The molecule has 0 aromatic heterocycles. The van der Waals surface area contributed by atoms with Gasteiger partial charge >= 0.3 is 0 Å². The molecule has 0 saturated heterocycles. The maximum Gasteiger partial charge on any atom is 0.269 e. The Labute approximate surface area is 141 Å². The van der Waals surface area contributed by atoms with Crippen LogP contribution in [0.1, 0.15) is 36.5 Å². The minimum Gasteiger partial charge on any atom is -0.283 e. The first-order chi connectivity index (χ1) is 11.2. The van der Waals surface area contributed by atoms with Gasteiger partial charge < -0.3 is 0 Å². The fraction of sp³-hybridized carbons (Fsp3) is 0.294. The van der Waals surface area contributed by atoms with Gasteiger partial charge in [0, 0.05) is 12.1 Å². The maximum absolute atomic E-state index is 12.5. The first kappa shape index (κ1) is 17.9. The fourth-order valence-corrected chi connectivity index (χ4v) is 3.76. The summed E-state index contributed by atoms with van der Waals surface area (Å²) < 4.78 is 27.6. The molecule has 7 heteroatoms. The van der Waals surface area contributed by atoms with Gasteiger partial charge in [0.1, 0.15) is 0 Å². The molecule has 0 atom stereocenters. The van der Waals surface area contributed by atoms with Gasteiger partial charge in [-0.15, -0.1) is 0 Å². The zero-order valence-corrected chi connectivity index (χ0v) is 14.6. The van der Waals surface area contributed by atoms with Gasteiger partial charge in [-0.05, 0) is 29.5 Å². The van der Waals surface area contributed by atoms with Gasteiger partial charge in [0.2, 0.25) is 10.0 Å². The summed E-state index contributed by atoms with van der Waals surface area (Å²) in [5.41, 5.74) is 2.58. The molecule has 0 bridgehead atoms. The number of anilines is 1. The molecule has 2 aromatic carbocycles. The number of hydrogen-bond donors (Lipinski definition) is 1. The van der Waals surface area contributed by atoms with Crippen molar-refractivity contribution in [1.82, 2.24) is 0 Å². The number of nitro groups is 1. The lowest BCUT2D eigenvalue weighted by atomic mass is 9.99. The Morgan fingerprint density at radius 2 is 1.83 bits per heavy atom. The van der Waals surface area contributed by atoms with Crippen LogP contribution in [0.2, 0.25) is 0 Å². The summed E-state index contributed by atoms with van der Waals surface area (Å²) in [5.74, 6) is -0.152. The molecule has 0 aliphatic carbocycles. The zero-order chi connectivity index (χ0) is 17.9. The molecule has 0 aliphatic heterocycles. The molecule has 24 heavy (non-hydrogen) atoms. The van der Waals surface area contributed by atoms with Crippen molar-refractivity contribution in [2.45, 2.75) is 32.4 Å². The molecule has 0 spiro atoms. The lowest BCUT2D eigenvalue weighted by molar-refractivity contribution is -0.384. The standard InChI is InChI=1S/C17H20N2O4S/c1-12(2)16-9-4-6-13(3)17(16)18-24(22,23)11-14-7-5-8-15(10-14)19(20)21/h4-10,12,18H,11H2,1-3H3. The second-order valence-corrected chi connectivity index (χ2v) is 7.70. The van der Waals surface area contributed by atoms with Crippen molar-refractivity contribution < 1.29 is 13.3 Å². The van der Waals surface area contributed by atoms with Crippen molar-refractivity contribution in [1.29, 1.82) is 0 Å². The molecule has 0 fully saturated rings. The van der Waals surface area contributed by atoms with Gasteiger partial charge in [-0.25, -0.2) is 8.42 Å². The molecule has 2 aromatic rings. The largest absolute Gasteiger partial charge is 0.283 e. The number of non-ortho nitro benzene ring substituents is 1. The Hall–Kier alpha value is -2.41. The number of nitrogens with one attached hydrogen (secondary N) is 1. The molecule has 0 unspecified atom stereocenters. The predicted molar refractivity (Wildman–Crippen MR) is 94.6 cm³/mol. The quantitative estimate of drug-likeness (QED) is 0.632. The van der Waals surface area contributed by atoms with Gasteiger partial charge in [0.15, 0.2) is 0 Å². The van der Waals surface area contributed by atoms with E-state index in [4.69, 9.17) is 0 Å². The third kappa shape index (κ3) is 4.32. The summed E-state index contributed by atoms with van der Waals surface area (Å²) in [7, 11) is -3.68. The van der Waals surface area contributed by atoms with Crippen molar-refractivity contribution in [2.75, 3.05) is 4.72 Å². The molecular formula is C17H20N2O4S. The highest BCUT2D eigenvalue weighted by molar-refractivity contribution is 7.91. The van der Waals surface area contributed by atoms with Crippen molar-refractivity contribution in [3.05, 3.63) is 69.3 Å². The summed E-state index contributed by atoms with van der Waals surface area (Å²) in [5, 5.41) is 10.8. The SMILES string of the molecule is Cc1cccc(C(C)C)c1NS(=O)(=O)Cc1cccc([N+](=O)[O-])c1. The number of hydrogen-bond acceptors (Lipinski definition) is 4. The molecule has 128 valence electrons. The van der Waals surface area contributed by atoms with E-state index in [9.17, 15) is 18.5 Å². The molecule has 6 nitrogen and oxygen atoms in total. The van der Waals surface area contributed by atoms with Crippen LogP contribution in [0.4, 0.5) is 11.4 Å². The topological polar surface area (TPSA) is 89.3 Å². The summed E-state index contributed by atoms with van der Waals surface area (Å²) in [6.07, 6.45) is 0. The van der Waals surface area contributed by atoms with E-state index in [1.807, 2.05) is 39.0 Å². The van der Waals surface area contributed by atoms with Gasteiger partial charge in [0.25, 0.3) is 5.69 Å². The number of rotatable bonds is 6. The van der Waals surface area contributed by atoms with E-state index >= 15 is 0 Å². The monoisotopic (exact) mass is 348 g/mol. The molecule has 0 aliphatic rings. The number of sulfonamides is 1. The molecule has 0 radical (unpaired) electrons. The highest BCUT2D eigenvalue weighted by Gasteiger charge is 2.18. The number of benzene rings is 2. The van der Waals surface area contributed by atoms with Crippen LogP contribution in [0.25, 0.3) is 0 Å². The van der Waals surface area contributed by atoms with E-state index in [2.05, 4.69) is 4.72 Å². The Bertz CT molecular complexity index is 861. The van der Waals surface area contributed by atoms with Crippen molar-refractivity contribution in [3.63, 3.8) is 0 Å². The van der Waals surface area contributed by atoms with Crippen LogP contribution >= 0.6 is 0 Å². The summed E-state index contributed by atoms with van der Waals surface area (Å²) in [6, 6.07) is 11.3. The summed E-state index contributed by atoms with van der Waals surface area (Å²) in [4.78, 5) is 10.3. The van der Waals surface area contributed by atoms with Crippen LogP contribution in [-0.4, -0.2) is 13.3 Å². The van der Waals surface area contributed by atoms with Crippen molar-refractivity contribution in [2.24, 2.45) is 0 Å². The lowest BCUT2D eigenvalue weighted by Crippen LogP contribution is -2.17. The Morgan fingerprint density at radius 1 is 1.17 bits per heavy atom. The zero-order valence-electron chi connectivity index (χ0n) is 13.8. The van der Waals surface area contributed by atoms with Crippen LogP contribution in [0, 0.1) is 17.0 Å². The first-order valence-electron chi connectivity index (χ1n) is 7.53. The van der Waals surface area contributed by atoms with Gasteiger partial charge in [0.05, 0.1) is 16.4 Å². The third-order valence-corrected chi connectivity index (χ3v) is 4.89. The molecule has 0 saturated carbocycles. The molecular weight excluding hydrogens is 328 g/mol. The number of aryl methyl sites for hydroxylation is 1.